The molecule has 0 spiro atoms. The summed E-state index contributed by atoms with van der Waals surface area (Å²) in [5.74, 6) is 0.507. The molecule has 0 heterocycles. The molecule has 1 fully saturated rings. The molecule has 2 atom stereocenters. The first kappa shape index (κ1) is 15.0. The predicted molar refractivity (Wildman–Crippen MR) is 87.4 cm³/mol. The van der Waals surface area contributed by atoms with Gasteiger partial charge in [-0.05, 0) is 23.5 Å². The number of benzene rings is 2. The van der Waals surface area contributed by atoms with Crippen molar-refractivity contribution in [2.24, 2.45) is 11.8 Å². The minimum absolute atomic E-state index is 0.0754. The second kappa shape index (κ2) is 6.05. The van der Waals surface area contributed by atoms with Gasteiger partial charge in [0.25, 0.3) is 0 Å². The summed E-state index contributed by atoms with van der Waals surface area (Å²) < 4.78 is 0. The van der Waals surface area contributed by atoms with Crippen LogP contribution in [0.3, 0.4) is 0 Å². The highest BCUT2D eigenvalue weighted by Gasteiger charge is 2.43. The van der Waals surface area contributed by atoms with Gasteiger partial charge in [0.1, 0.15) is 11.4 Å². The van der Waals surface area contributed by atoms with Crippen molar-refractivity contribution in [1.82, 2.24) is 0 Å². The fourth-order valence-corrected chi connectivity index (χ4v) is 3.74. The Labute approximate surface area is 131 Å². The molecular weight excluding hydrogens is 272 g/mol. The van der Waals surface area contributed by atoms with Gasteiger partial charge in [0.2, 0.25) is 0 Å². The molecule has 0 aromatic heterocycles. The van der Waals surface area contributed by atoms with Crippen LogP contribution in [0, 0.1) is 11.8 Å². The third kappa shape index (κ3) is 2.71. The summed E-state index contributed by atoms with van der Waals surface area (Å²) in [6, 6.07) is 19.5. The van der Waals surface area contributed by atoms with Crippen molar-refractivity contribution in [3.8, 4) is 0 Å². The number of Topliss-reactive ketones (excluding diaryl/α,β-unsaturated/α-hetero) is 1. The first-order valence-corrected chi connectivity index (χ1v) is 7.96. The summed E-state index contributed by atoms with van der Waals surface area (Å²) in [6.07, 6.45) is 1.95. The van der Waals surface area contributed by atoms with Crippen molar-refractivity contribution < 1.29 is 9.90 Å². The monoisotopic (exact) mass is 294 g/mol. The van der Waals surface area contributed by atoms with E-state index in [1.54, 1.807) is 0 Å². The number of hydrogen-bond acceptors (Lipinski definition) is 2. The minimum atomic E-state index is -1.10. The van der Waals surface area contributed by atoms with Gasteiger partial charge >= 0.3 is 0 Å². The molecule has 1 aliphatic carbocycles. The van der Waals surface area contributed by atoms with Crippen LogP contribution in [0.25, 0.3) is 0 Å². The molecule has 2 heteroatoms. The quantitative estimate of drug-likeness (QED) is 0.931. The summed E-state index contributed by atoms with van der Waals surface area (Å²) >= 11 is 0. The highest BCUT2D eigenvalue weighted by atomic mass is 16.3. The van der Waals surface area contributed by atoms with Gasteiger partial charge in [-0.3, -0.25) is 4.79 Å². The lowest BCUT2D eigenvalue weighted by Gasteiger charge is -2.40. The Morgan fingerprint density at radius 1 is 0.909 bits per heavy atom. The summed E-state index contributed by atoms with van der Waals surface area (Å²) in [5, 5.41) is 11.7. The van der Waals surface area contributed by atoms with Crippen LogP contribution in [0.2, 0.25) is 0 Å². The molecule has 2 aromatic rings. The standard InChI is InChI=1S/C20H22O2/c1-15-12-18(14-19(21)13-15)20(22,16-8-4-2-5-9-16)17-10-6-3-7-11-17/h2-11,15,18,22H,12-14H2,1H3/t15-,18+/m1/s1. The number of carbonyl (C=O) groups excluding carboxylic acids is 1. The van der Waals surface area contributed by atoms with Crippen LogP contribution in [0.4, 0.5) is 0 Å². The molecule has 0 amide bonds. The van der Waals surface area contributed by atoms with E-state index < -0.39 is 5.60 Å². The van der Waals surface area contributed by atoms with Gasteiger partial charge < -0.3 is 5.11 Å². The second-order valence-corrected chi connectivity index (χ2v) is 6.48. The third-order valence-electron chi connectivity index (χ3n) is 4.76. The first-order chi connectivity index (χ1) is 10.6. The Bertz CT molecular complexity index is 594. The highest BCUT2D eigenvalue weighted by molar-refractivity contribution is 5.80. The average Bonchev–Trinajstić information content (AvgIpc) is 2.55. The molecule has 1 saturated carbocycles. The molecule has 1 N–H and O–H groups in total. The van der Waals surface area contributed by atoms with Gasteiger partial charge in [-0.15, -0.1) is 0 Å². The molecule has 2 aromatic carbocycles. The molecule has 114 valence electrons. The van der Waals surface area contributed by atoms with Crippen LogP contribution in [-0.4, -0.2) is 10.9 Å². The third-order valence-corrected chi connectivity index (χ3v) is 4.76. The van der Waals surface area contributed by atoms with Crippen molar-refractivity contribution in [3.05, 3.63) is 71.8 Å². The van der Waals surface area contributed by atoms with Crippen LogP contribution in [0.1, 0.15) is 37.3 Å². The van der Waals surface area contributed by atoms with E-state index in [4.69, 9.17) is 0 Å². The van der Waals surface area contributed by atoms with Gasteiger partial charge in [0.05, 0.1) is 0 Å². The summed E-state index contributed by atoms with van der Waals surface area (Å²) in [7, 11) is 0. The lowest BCUT2D eigenvalue weighted by atomic mass is 9.67. The van der Waals surface area contributed by atoms with Crippen molar-refractivity contribution >= 4 is 5.78 Å². The Balaban J connectivity index is 2.09. The van der Waals surface area contributed by atoms with E-state index in [1.807, 2.05) is 60.7 Å². The first-order valence-electron chi connectivity index (χ1n) is 7.96. The summed E-state index contributed by atoms with van der Waals surface area (Å²) in [5.41, 5.74) is 0.633. The van der Waals surface area contributed by atoms with Crippen LogP contribution in [0.5, 0.6) is 0 Å². The average molecular weight is 294 g/mol. The van der Waals surface area contributed by atoms with Crippen molar-refractivity contribution in [2.45, 2.75) is 31.8 Å². The Hall–Kier alpha value is -1.93. The van der Waals surface area contributed by atoms with E-state index in [0.717, 1.165) is 17.5 Å². The predicted octanol–water partition coefficient (Wildman–Crippen LogP) is 3.93. The SMILES string of the molecule is C[C@H]1CC(=O)C[C@@H](C(O)(c2ccccc2)c2ccccc2)C1. The summed E-state index contributed by atoms with van der Waals surface area (Å²) in [4.78, 5) is 12.1. The molecule has 1 aliphatic rings. The van der Waals surface area contributed by atoms with E-state index in [2.05, 4.69) is 6.92 Å². The molecule has 0 radical (unpaired) electrons. The number of hydrogen-bond donors (Lipinski definition) is 1. The molecule has 0 unspecified atom stereocenters. The number of carbonyl (C=O) groups is 1. The van der Waals surface area contributed by atoms with E-state index in [1.165, 1.54) is 0 Å². The maximum atomic E-state index is 12.1. The fourth-order valence-electron chi connectivity index (χ4n) is 3.74. The Morgan fingerprint density at radius 3 is 1.86 bits per heavy atom. The Morgan fingerprint density at radius 2 is 1.41 bits per heavy atom. The van der Waals surface area contributed by atoms with Crippen LogP contribution >= 0.6 is 0 Å². The summed E-state index contributed by atoms with van der Waals surface area (Å²) in [6.45, 7) is 2.10. The van der Waals surface area contributed by atoms with Crippen LogP contribution < -0.4 is 0 Å². The number of ketones is 1. The number of aliphatic hydroxyl groups is 1. The van der Waals surface area contributed by atoms with Crippen molar-refractivity contribution in [3.63, 3.8) is 0 Å². The topological polar surface area (TPSA) is 37.3 Å². The maximum absolute atomic E-state index is 12.1. The van der Waals surface area contributed by atoms with Crippen molar-refractivity contribution in [2.75, 3.05) is 0 Å². The zero-order valence-corrected chi connectivity index (χ0v) is 12.9. The molecular formula is C20H22O2. The fraction of sp³-hybridized carbons (Fsp3) is 0.350. The van der Waals surface area contributed by atoms with Gasteiger partial charge in [-0.25, -0.2) is 0 Å². The smallest absolute Gasteiger partial charge is 0.133 e. The van der Waals surface area contributed by atoms with Gasteiger partial charge in [0.15, 0.2) is 0 Å². The van der Waals surface area contributed by atoms with Gasteiger partial charge in [-0.1, -0.05) is 67.6 Å². The normalized spacial score (nSPS) is 22.5. The molecule has 0 aliphatic heterocycles. The lowest BCUT2D eigenvalue weighted by Crippen LogP contribution is -2.41. The lowest BCUT2D eigenvalue weighted by molar-refractivity contribution is -0.126. The van der Waals surface area contributed by atoms with E-state index in [-0.39, 0.29) is 11.7 Å². The zero-order chi connectivity index (χ0) is 15.6. The van der Waals surface area contributed by atoms with Gasteiger partial charge in [0, 0.05) is 18.8 Å². The molecule has 3 rings (SSSR count). The molecule has 0 bridgehead atoms. The Kier molecular flexibility index (Phi) is 4.12. The van der Waals surface area contributed by atoms with Crippen LogP contribution in [-0.2, 0) is 10.4 Å². The van der Waals surface area contributed by atoms with Gasteiger partial charge in [-0.2, -0.15) is 0 Å². The zero-order valence-electron chi connectivity index (χ0n) is 12.9. The minimum Gasteiger partial charge on any atom is -0.380 e. The largest absolute Gasteiger partial charge is 0.380 e. The van der Waals surface area contributed by atoms with Crippen molar-refractivity contribution in [1.29, 1.82) is 0 Å². The highest BCUT2D eigenvalue weighted by Crippen LogP contribution is 2.44. The molecule has 2 nitrogen and oxygen atoms in total. The molecule has 0 saturated heterocycles. The maximum Gasteiger partial charge on any atom is 0.133 e. The molecule has 22 heavy (non-hydrogen) atoms. The van der Waals surface area contributed by atoms with E-state index in [0.29, 0.717) is 18.8 Å². The number of rotatable bonds is 3. The second-order valence-electron chi connectivity index (χ2n) is 6.48. The van der Waals surface area contributed by atoms with E-state index >= 15 is 0 Å². The van der Waals surface area contributed by atoms with Crippen LogP contribution in [0.15, 0.2) is 60.7 Å². The van der Waals surface area contributed by atoms with E-state index in [9.17, 15) is 9.90 Å².